The van der Waals surface area contributed by atoms with Gasteiger partial charge in [-0.05, 0) is 31.9 Å². The summed E-state index contributed by atoms with van der Waals surface area (Å²) in [5.74, 6) is 0. The average Bonchev–Trinajstić information content (AvgIpc) is 2.50. The van der Waals surface area contributed by atoms with E-state index in [2.05, 4.69) is 61.3 Å². The van der Waals surface area contributed by atoms with Gasteiger partial charge in [0.2, 0.25) is 0 Å². The van der Waals surface area contributed by atoms with E-state index in [1.807, 2.05) is 0 Å². The van der Waals surface area contributed by atoms with Gasteiger partial charge in [0, 0.05) is 24.7 Å². The van der Waals surface area contributed by atoms with Gasteiger partial charge in [0.25, 0.3) is 0 Å². The fourth-order valence-corrected chi connectivity index (χ4v) is 3.13. The summed E-state index contributed by atoms with van der Waals surface area (Å²) in [5.41, 5.74) is 1.74. The van der Waals surface area contributed by atoms with Crippen LogP contribution in [0.4, 0.5) is 0 Å². The molecule has 0 saturated carbocycles. The van der Waals surface area contributed by atoms with Gasteiger partial charge in [0.15, 0.2) is 0 Å². The molecule has 1 aromatic rings. The van der Waals surface area contributed by atoms with Gasteiger partial charge < -0.3 is 5.32 Å². The van der Waals surface area contributed by atoms with Crippen LogP contribution >= 0.6 is 0 Å². The maximum atomic E-state index is 3.76. The Hall–Kier alpha value is -0.860. The molecule has 1 aliphatic rings. The third kappa shape index (κ3) is 3.62. The minimum Gasteiger partial charge on any atom is -0.307 e. The second-order valence-corrected chi connectivity index (χ2v) is 6.35. The van der Waals surface area contributed by atoms with Crippen molar-refractivity contribution in [3.63, 3.8) is 0 Å². The van der Waals surface area contributed by atoms with Crippen LogP contribution in [-0.4, -0.2) is 30.1 Å². The molecule has 1 N–H and O–H groups in total. The molecule has 1 saturated heterocycles. The lowest BCUT2D eigenvalue weighted by Gasteiger charge is -2.48. The van der Waals surface area contributed by atoms with Crippen LogP contribution < -0.4 is 5.32 Å². The van der Waals surface area contributed by atoms with Gasteiger partial charge in [-0.1, -0.05) is 57.0 Å². The SMILES string of the molecule is CCCCCN1CC(c2ccccc2)NCC1(C)CC. The zero-order valence-electron chi connectivity index (χ0n) is 13.4. The van der Waals surface area contributed by atoms with Crippen LogP contribution in [0.1, 0.15) is 58.1 Å². The summed E-state index contributed by atoms with van der Waals surface area (Å²) in [4.78, 5) is 2.72. The molecule has 1 fully saturated rings. The molecule has 0 aliphatic carbocycles. The Labute approximate surface area is 124 Å². The average molecular weight is 274 g/mol. The molecule has 2 heteroatoms. The number of nitrogens with one attached hydrogen (secondary N) is 1. The molecule has 1 aliphatic heterocycles. The number of piperazine rings is 1. The topological polar surface area (TPSA) is 15.3 Å². The van der Waals surface area contributed by atoms with Crippen molar-refractivity contribution in [3.05, 3.63) is 35.9 Å². The number of unbranched alkanes of at least 4 members (excludes halogenated alkanes) is 2. The Morgan fingerprint density at radius 2 is 1.95 bits per heavy atom. The van der Waals surface area contributed by atoms with Crippen molar-refractivity contribution in [2.24, 2.45) is 0 Å². The number of hydrogen-bond acceptors (Lipinski definition) is 2. The molecule has 2 atom stereocenters. The Bertz CT molecular complexity index is 390. The first kappa shape index (κ1) is 15.5. The third-order valence-corrected chi connectivity index (χ3v) is 4.89. The van der Waals surface area contributed by atoms with Crippen molar-refractivity contribution < 1.29 is 0 Å². The fourth-order valence-electron chi connectivity index (χ4n) is 3.13. The van der Waals surface area contributed by atoms with Crippen molar-refractivity contribution in [2.45, 2.75) is 58.0 Å². The Kier molecular flexibility index (Phi) is 5.62. The first-order chi connectivity index (χ1) is 9.69. The van der Waals surface area contributed by atoms with Gasteiger partial charge >= 0.3 is 0 Å². The van der Waals surface area contributed by atoms with Gasteiger partial charge in [-0.2, -0.15) is 0 Å². The zero-order chi connectivity index (χ0) is 14.4. The maximum absolute atomic E-state index is 3.76. The van der Waals surface area contributed by atoms with Crippen molar-refractivity contribution >= 4 is 0 Å². The van der Waals surface area contributed by atoms with Crippen LogP contribution in [0, 0.1) is 0 Å². The minimum absolute atomic E-state index is 0.318. The Balaban J connectivity index is 2.04. The second-order valence-electron chi connectivity index (χ2n) is 6.35. The van der Waals surface area contributed by atoms with E-state index in [9.17, 15) is 0 Å². The highest BCUT2D eigenvalue weighted by Gasteiger charge is 2.36. The van der Waals surface area contributed by atoms with Gasteiger partial charge in [0.1, 0.15) is 0 Å². The molecule has 0 spiro atoms. The highest BCUT2D eigenvalue weighted by atomic mass is 15.3. The number of hydrogen-bond donors (Lipinski definition) is 1. The summed E-state index contributed by atoms with van der Waals surface area (Å²) in [6, 6.07) is 11.4. The van der Waals surface area contributed by atoms with Gasteiger partial charge in [0.05, 0.1) is 0 Å². The summed E-state index contributed by atoms with van der Waals surface area (Å²) in [7, 11) is 0. The highest BCUT2D eigenvalue weighted by Crippen LogP contribution is 2.28. The van der Waals surface area contributed by atoms with Crippen LogP contribution in [0.15, 0.2) is 30.3 Å². The summed E-state index contributed by atoms with van der Waals surface area (Å²) >= 11 is 0. The van der Waals surface area contributed by atoms with Crippen LogP contribution in [0.3, 0.4) is 0 Å². The number of rotatable bonds is 6. The second kappa shape index (κ2) is 7.24. The molecule has 0 amide bonds. The molecule has 1 aromatic carbocycles. The fraction of sp³-hybridized carbons (Fsp3) is 0.667. The molecule has 1 heterocycles. The molecular formula is C18H30N2. The molecule has 0 radical (unpaired) electrons. The van der Waals surface area contributed by atoms with Crippen LogP contribution in [0.25, 0.3) is 0 Å². The van der Waals surface area contributed by atoms with Crippen molar-refractivity contribution in [3.8, 4) is 0 Å². The highest BCUT2D eigenvalue weighted by molar-refractivity contribution is 5.20. The molecule has 2 nitrogen and oxygen atoms in total. The monoisotopic (exact) mass is 274 g/mol. The largest absolute Gasteiger partial charge is 0.307 e. The van der Waals surface area contributed by atoms with Gasteiger partial charge in [-0.3, -0.25) is 4.90 Å². The summed E-state index contributed by atoms with van der Waals surface area (Å²) in [6.45, 7) is 10.5. The van der Waals surface area contributed by atoms with E-state index in [1.165, 1.54) is 37.8 Å². The summed E-state index contributed by atoms with van der Waals surface area (Å²) in [5, 5.41) is 3.76. The molecular weight excluding hydrogens is 244 g/mol. The van der Waals surface area contributed by atoms with Gasteiger partial charge in [-0.25, -0.2) is 0 Å². The first-order valence-corrected chi connectivity index (χ1v) is 8.23. The molecule has 20 heavy (non-hydrogen) atoms. The van der Waals surface area contributed by atoms with Gasteiger partial charge in [-0.15, -0.1) is 0 Å². The predicted molar refractivity (Wildman–Crippen MR) is 87.0 cm³/mol. The lowest BCUT2D eigenvalue weighted by Crippen LogP contribution is -2.60. The van der Waals surface area contributed by atoms with Crippen molar-refractivity contribution in [1.82, 2.24) is 10.2 Å². The minimum atomic E-state index is 0.318. The van der Waals surface area contributed by atoms with Crippen molar-refractivity contribution in [2.75, 3.05) is 19.6 Å². The molecule has 0 aromatic heterocycles. The van der Waals surface area contributed by atoms with Crippen LogP contribution in [0.5, 0.6) is 0 Å². The predicted octanol–water partition coefficient (Wildman–Crippen LogP) is 3.99. The first-order valence-electron chi connectivity index (χ1n) is 8.23. The molecule has 112 valence electrons. The third-order valence-electron chi connectivity index (χ3n) is 4.89. The van der Waals surface area contributed by atoms with E-state index in [1.54, 1.807) is 0 Å². The molecule has 2 rings (SSSR count). The normalized spacial score (nSPS) is 27.6. The summed E-state index contributed by atoms with van der Waals surface area (Å²) in [6.07, 6.45) is 5.19. The lowest BCUT2D eigenvalue weighted by atomic mass is 9.90. The quantitative estimate of drug-likeness (QED) is 0.789. The number of nitrogens with zero attached hydrogens (tertiary/aromatic N) is 1. The molecule has 0 bridgehead atoms. The standard InChI is InChI=1S/C18H30N2/c1-4-6-10-13-20-14-17(16-11-8-7-9-12-16)19-15-18(20,3)5-2/h7-9,11-12,17,19H,4-6,10,13-15H2,1-3H3. The lowest BCUT2D eigenvalue weighted by molar-refractivity contribution is 0.0471. The number of benzene rings is 1. The van der Waals surface area contributed by atoms with E-state index in [-0.39, 0.29) is 0 Å². The maximum Gasteiger partial charge on any atom is 0.0450 e. The van der Waals surface area contributed by atoms with E-state index >= 15 is 0 Å². The van der Waals surface area contributed by atoms with E-state index in [4.69, 9.17) is 0 Å². The zero-order valence-corrected chi connectivity index (χ0v) is 13.4. The molecule has 2 unspecified atom stereocenters. The Morgan fingerprint density at radius 1 is 1.20 bits per heavy atom. The van der Waals surface area contributed by atoms with E-state index in [0.29, 0.717) is 11.6 Å². The smallest absolute Gasteiger partial charge is 0.0450 e. The Morgan fingerprint density at radius 3 is 2.60 bits per heavy atom. The van der Waals surface area contributed by atoms with Crippen LogP contribution in [0.2, 0.25) is 0 Å². The summed E-state index contributed by atoms with van der Waals surface area (Å²) < 4.78 is 0. The van der Waals surface area contributed by atoms with E-state index < -0.39 is 0 Å². The van der Waals surface area contributed by atoms with Crippen LogP contribution in [-0.2, 0) is 0 Å². The van der Waals surface area contributed by atoms with E-state index in [0.717, 1.165) is 13.1 Å². The van der Waals surface area contributed by atoms with Crippen molar-refractivity contribution in [1.29, 1.82) is 0 Å².